The molecule has 1 aromatic rings. The zero-order valence-corrected chi connectivity index (χ0v) is 7.12. The normalized spacial score (nSPS) is 9.31. The van der Waals surface area contributed by atoms with Crippen LogP contribution in [0.4, 0.5) is 16.2 Å². The number of benzene rings is 1. The van der Waals surface area contributed by atoms with Gasteiger partial charge in [-0.1, -0.05) is 0 Å². The van der Waals surface area contributed by atoms with E-state index in [1.54, 1.807) is 0 Å². The second-order valence-electron chi connectivity index (χ2n) is 2.20. The van der Waals surface area contributed by atoms with E-state index in [1.807, 2.05) is 0 Å². The van der Waals surface area contributed by atoms with E-state index in [4.69, 9.17) is 11.6 Å². The van der Waals surface area contributed by atoms with Crippen LogP contribution in [-0.2, 0) is 0 Å². The van der Waals surface area contributed by atoms with E-state index in [0.29, 0.717) is 5.69 Å². The molecule has 13 heavy (non-hydrogen) atoms. The predicted octanol–water partition coefficient (Wildman–Crippen LogP) is 2.37. The lowest BCUT2D eigenvalue weighted by Crippen LogP contribution is -2.00. The number of carbonyl (C=O) groups is 1. The molecule has 0 atom stereocenters. The molecule has 0 heterocycles. The lowest BCUT2D eigenvalue weighted by atomic mass is 10.3. The van der Waals surface area contributed by atoms with Gasteiger partial charge >= 0.3 is 5.37 Å². The number of nitrogens with one attached hydrogen (secondary N) is 1. The van der Waals surface area contributed by atoms with E-state index in [-0.39, 0.29) is 5.69 Å². The molecule has 6 heteroatoms. The van der Waals surface area contributed by atoms with Crippen LogP contribution in [0.5, 0.6) is 0 Å². The maximum absolute atomic E-state index is 10.4. The monoisotopic (exact) mass is 200 g/mol. The first-order valence-electron chi connectivity index (χ1n) is 3.30. The Morgan fingerprint density at radius 1 is 1.38 bits per heavy atom. The van der Waals surface area contributed by atoms with E-state index >= 15 is 0 Å². The number of amides is 1. The van der Waals surface area contributed by atoms with Crippen molar-refractivity contribution in [2.24, 2.45) is 0 Å². The Morgan fingerprint density at radius 3 is 2.31 bits per heavy atom. The van der Waals surface area contributed by atoms with Gasteiger partial charge in [0.05, 0.1) is 4.92 Å². The molecule has 68 valence electrons. The van der Waals surface area contributed by atoms with Crippen LogP contribution in [0.3, 0.4) is 0 Å². The highest BCUT2D eigenvalue weighted by molar-refractivity contribution is 6.65. The second kappa shape index (κ2) is 3.86. The summed E-state index contributed by atoms with van der Waals surface area (Å²) in [5, 5.41) is 11.8. The van der Waals surface area contributed by atoms with Gasteiger partial charge in [-0.2, -0.15) is 0 Å². The van der Waals surface area contributed by atoms with Crippen molar-refractivity contribution < 1.29 is 9.72 Å². The number of non-ortho nitro benzene ring substituents is 1. The molecule has 0 fully saturated rings. The van der Waals surface area contributed by atoms with Gasteiger partial charge in [0, 0.05) is 17.8 Å². The van der Waals surface area contributed by atoms with Gasteiger partial charge in [-0.25, -0.2) is 0 Å². The Bertz CT molecular complexity index is 336. The van der Waals surface area contributed by atoms with Gasteiger partial charge in [-0.15, -0.1) is 0 Å². The summed E-state index contributed by atoms with van der Waals surface area (Å²) in [5.41, 5.74) is 0.387. The zero-order valence-electron chi connectivity index (χ0n) is 6.36. The highest BCUT2D eigenvalue weighted by atomic mass is 35.5. The zero-order chi connectivity index (χ0) is 9.84. The summed E-state index contributed by atoms with van der Waals surface area (Å²) >= 11 is 5.03. The lowest BCUT2D eigenvalue weighted by molar-refractivity contribution is -0.384. The Labute approximate surface area is 78.5 Å². The van der Waals surface area contributed by atoms with Gasteiger partial charge in [0.15, 0.2) is 0 Å². The maximum atomic E-state index is 10.4. The molecule has 1 aromatic carbocycles. The Hall–Kier alpha value is -1.62. The van der Waals surface area contributed by atoms with Crippen LogP contribution in [-0.4, -0.2) is 10.3 Å². The standard InChI is InChI=1S/C7H5ClN2O3/c8-7(11)9-5-1-3-6(4-2-5)10(12)13/h1-4H,(H,9,11). The number of hydrogen-bond acceptors (Lipinski definition) is 3. The van der Waals surface area contributed by atoms with Gasteiger partial charge in [-0.3, -0.25) is 14.9 Å². The number of nitrogens with zero attached hydrogens (tertiary/aromatic N) is 1. The van der Waals surface area contributed by atoms with Crippen LogP contribution < -0.4 is 5.32 Å². The van der Waals surface area contributed by atoms with Crippen LogP contribution in [0.2, 0.25) is 0 Å². The van der Waals surface area contributed by atoms with Crippen molar-refractivity contribution in [3.05, 3.63) is 34.4 Å². The van der Waals surface area contributed by atoms with Crippen LogP contribution in [0.25, 0.3) is 0 Å². The van der Waals surface area contributed by atoms with Gasteiger partial charge < -0.3 is 5.32 Å². The van der Waals surface area contributed by atoms with Crippen molar-refractivity contribution in [1.29, 1.82) is 0 Å². The third-order valence-electron chi connectivity index (χ3n) is 1.32. The minimum absolute atomic E-state index is 0.0347. The van der Waals surface area contributed by atoms with E-state index in [2.05, 4.69) is 5.32 Å². The third kappa shape index (κ3) is 2.72. The van der Waals surface area contributed by atoms with Gasteiger partial charge in [0.1, 0.15) is 0 Å². The summed E-state index contributed by atoms with van der Waals surface area (Å²) < 4.78 is 0. The lowest BCUT2D eigenvalue weighted by Gasteiger charge is -1.98. The van der Waals surface area contributed by atoms with Crippen molar-refractivity contribution in [1.82, 2.24) is 0 Å². The Balaban J connectivity index is 2.81. The number of hydrogen-bond donors (Lipinski definition) is 1. The summed E-state index contributed by atoms with van der Waals surface area (Å²) in [6, 6.07) is 5.36. The van der Waals surface area contributed by atoms with E-state index in [9.17, 15) is 14.9 Å². The minimum Gasteiger partial charge on any atom is -0.312 e. The van der Waals surface area contributed by atoms with Crippen LogP contribution >= 0.6 is 11.6 Å². The molecule has 0 aliphatic carbocycles. The number of carbonyl (C=O) groups excluding carboxylic acids is 1. The summed E-state index contributed by atoms with van der Waals surface area (Å²) in [7, 11) is 0. The van der Waals surface area contributed by atoms with Gasteiger partial charge in [0.2, 0.25) is 0 Å². The molecule has 0 radical (unpaired) electrons. The molecule has 0 unspecified atom stereocenters. The van der Waals surface area contributed by atoms with Crippen LogP contribution in [0.1, 0.15) is 0 Å². The van der Waals surface area contributed by atoms with Crippen LogP contribution in [0, 0.1) is 10.1 Å². The quantitative estimate of drug-likeness (QED) is 0.345. The molecule has 0 aliphatic heterocycles. The SMILES string of the molecule is O=C(Cl)Nc1ccc([N+](=O)[O-])cc1. The summed E-state index contributed by atoms with van der Waals surface area (Å²) in [5.74, 6) is 0. The second-order valence-corrected chi connectivity index (χ2v) is 2.55. The molecule has 0 aliphatic rings. The molecule has 5 nitrogen and oxygen atoms in total. The first-order chi connectivity index (χ1) is 6.09. The average Bonchev–Trinajstić information content (AvgIpc) is 2.04. The fourth-order valence-corrected chi connectivity index (χ4v) is 0.889. The fraction of sp³-hybridized carbons (Fsp3) is 0. The molecule has 1 rings (SSSR count). The van der Waals surface area contributed by atoms with Crippen molar-refractivity contribution in [2.75, 3.05) is 5.32 Å². The van der Waals surface area contributed by atoms with Crippen molar-refractivity contribution >= 4 is 28.3 Å². The minimum atomic E-state index is -0.728. The topological polar surface area (TPSA) is 72.2 Å². The smallest absolute Gasteiger partial charge is 0.312 e. The van der Waals surface area contributed by atoms with Crippen molar-refractivity contribution in [3.8, 4) is 0 Å². The molecule has 0 aromatic heterocycles. The largest absolute Gasteiger partial charge is 0.318 e. The van der Waals surface area contributed by atoms with Gasteiger partial charge in [0.25, 0.3) is 5.69 Å². The molecule has 1 N–H and O–H groups in total. The maximum Gasteiger partial charge on any atom is 0.318 e. The number of rotatable bonds is 2. The first-order valence-corrected chi connectivity index (χ1v) is 3.68. The van der Waals surface area contributed by atoms with E-state index < -0.39 is 10.3 Å². The van der Waals surface area contributed by atoms with Gasteiger partial charge in [-0.05, 0) is 23.7 Å². The van der Waals surface area contributed by atoms with E-state index in [1.165, 1.54) is 24.3 Å². The highest BCUT2D eigenvalue weighted by Crippen LogP contribution is 2.15. The van der Waals surface area contributed by atoms with E-state index in [0.717, 1.165) is 0 Å². The average molecular weight is 201 g/mol. The molecule has 1 amide bonds. The first kappa shape index (κ1) is 9.47. The molecular formula is C7H5ClN2O3. The molecule has 0 bridgehead atoms. The summed E-state index contributed by atoms with van der Waals surface area (Å²) in [4.78, 5) is 20.1. The highest BCUT2D eigenvalue weighted by Gasteiger charge is 2.04. The number of nitro benzene ring substituents is 1. The Kier molecular flexibility index (Phi) is 2.81. The predicted molar refractivity (Wildman–Crippen MR) is 48.0 cm³/mol. The molecule has 0 saturated heterocycles. The molecule has 0 spiro atoms. The van der Waals surface area contributed by atoms with Crippen molar-refractivity contribution in [3.63, 3.8) is 0 Å². The molecule has 0 saturated carbocycles. The van der Waals surface area contributed by atoms with Crippen molar-refractivity contribution in [2.45, 2.75) is 0 Å². The Morgan fingerprint density at radius 2 is 1.92 bits per heavy atom. The summed E-state index contributed by atoms with van der Waals surface area (Å²) in [6.45, 7) is 0. The third-order valence-corrected chi connectivity index (χ3v) is 1.42. The number of anilines is 1. The number of nitro groups is 1. The molecular weight excluding hydrogens is 196 g/mol. The number of halogens is 1. The van der Waals surface area contributed by atoms with Crippen LogP contribution in [0.15, 0.2) is 24.3 Å². The summed E-state index contributed by atoms with van der Waals surface area (Å²) in [6.07, 6.45) is 0. The fourth-order valence-electron chi connectivity index (χ4n) is 0.780.